The topological polar surface area (TPSA) is 133 Å². The lowest BCUT2D eigenvalue weighted by Crippen LogP contribution is -2.46. The van der Waals surface area contributed by atoms with Gasteiger partial charge in [0, 0.05) is 45.2 Å². The first kappa shape index (κ1) is 22.9. The number of benzene rings is 1. The van der Waals surface area contributed by atoms with Crippen molar-refractivity contribution in [2.45, 2.75) is 25.8 Å². The first-order chi connectivity index (χ1) is 14.1. The lowest BCUT2D eigenvalue weighted by Gasteiger charge is -2.31. The maximum atomic E-state index is 12.4. The molecule has 2 rings (SSSR count). The zero-order valence-corrected chi connectivity index (χ0v) is 17.2. The number of carboxylic acids is 1. The molecule has 10 heteroatoms. The van der Waals surface area contributed by atoms with E-state index in [0.29, 0.717) is 37.2 Å². The Morgan fingerprint density at radius 1 is 1.30 bits per heavy atom. The van der Waals surface area contributed by atoms with Crippen LogP contribution in [-0.2, 0) is 14.4 Å². The summed E-state index contributed by atoms with van der Waals surface area (Å²) < 4.78 is 0. The van der Waals surface area contributed by atoms with Crippen LogP contribution in [-0.4, -0.2) is 65.9 Å². The van der Waals surface area contributed by atoms with Gasteiger partial charge in [-0.25, -0.2) is 0 Å². The maximum Gasteiger partial charge on any atom is 0.325 e. The highest BCUT2D eigenvalue weighted by Gasteiger charge is 2.28. The first-order valence-corrected chi connectivity index (χ1v) is 9.56. The third-order valence-electron chi connectivity index (χ3n) is 5.00. The van der Waals surface area contributed by atoms with Gasteiger partial charge in [0.2, 0.25) is 11.8 Å². The third kappa shape index (κ3) is 5.79. The average molecular weight is 418 g/mol. The molecule has 10 nitrogen and oxygen atoms in total. The Labute approximate surface area is 174 Å². The van der Waals surface area contributed by atoms with Crippen molar-refractivity contribution in [2.75, 3.05) is 32.1 Å². The molecule has 1 unspecified atom stereocenters. The number of hydrogen-bond acceptors (Lipinski definition) is 6. The number of anilines is 1. The number of nitro groups is 1. The summed E-state index contributed by atoms with van der Waals surface area (Å²) in [7, 11) is 3.43. The van der Waals surface area contributed by atoms with Gasteiger partial charge in [0.25, 0.3) is 5.69 Å². The minimum absolute atomic E-state index is 0.0444. The molecule has 2 N–H and O–H groups in total. The smallest absolute Gasteiger partial charge is 0.325 e. The van der Waals surface area contributed by atoms with E-state index in [1.807, 2.05) is 0 Å². The quantitative estimate of drug-likeness (QED) is 0.389. The molecule has 162 valence electrons. The van der Waals surface area contributed by atoms with Gasteiger partial charge in [-0.1, -0.05) is 6.07 Å². The van der Waals surface area contributed by atoms with E-state index in [-0.39, 0.29) is 23.4 Å². The summed E-state index contributed by atoms with van der Waals surface area (Å²) in [6, 6.07) is 3.79. The van der Waals surface area contributed by atoms with Crippen molar-refractivity contribution in [3.63, 3.8) is 0 Å². The van der Waals surface area contributed by atoms with Crippen LogP contribution in [0.15, 0.2) is 24.3 Å². The Hall–Kier alpha value is -3.43. The van der Waals surface area contributed by atoms with E-state index in [2.05, 4.69) is 5.32 Å². The predicted molar refractivity (Wildman–Crippen MR) is 111 cm³/mol. The van der Waals surface area contributed by atoms with Crippen LogP contribution in [0.2, 0.25) is 0 Å². The molecular weight excluding hydrogens is 392 g/mol. The van der Waals surface area contributed by atoms with E-state index in [9.17, 15) is 24.5 Å². The Morgan fingerprint density at radius 2 is 1.93 bits per heavy atom. The molecular formula is C20H26N4O6. The van der Waals surface area contributed by atoms with Crippen LogP contribution in [0.5, 0.6) is 0 Å². The van der Waals surface area contributed by atoms with Gasteiger partial charge >= 0.3 is 5.97 Å². The molecule has 0 bridgehead atoms. The Kier molecular flexibility index (Phi) is 7.51. The number of rotatable bonds is 7. The molecule has 0 saturated carbocycles. The minimum Gasteiger partial charge on any atom is -0.480 e. The molecule has 0 radical (unpaired) electrons. The van der Waals surface area contributed by atoms with E-state index in [4.69, 9.17) is 5.11 Å². The molecule has 0 aromatic heterocycles. The molecule has 1 saturated heterocycles. The predicted octanol–water partition coefficient (Wildman–Crippen LogP) is 1.50. The Morgan fingerprint density at radius 3 is 2.47 bits per heavy atom. The second kappa shape index (κ2) is 9.86. The largest absolute Gasteiger partial charge is 0.480 e. The average Bonchev–Trinajstić information content (AvgIpc) is 2.71. The number of carboxylic acid groups (broad SMARTS) is 1. The van der Waals surface area contributed by atoms with Gasteiger partial charge in [0.1, 0.15) is 11.7 Å². The first-order valence-electron chi connectivity index (χ1n) is 9.56. The SMILES string of the molecule is CC(NC(=O)C1CCN(C(=O)/C=C/c2ccc(N(C)C)c([N+](=O)[O-])c2)CC1)C(=O)O. The summed E-state index contributed by atoms with van der Waals surface area (Å²) in [5.41, 5.74) is 0.968. The van der Waals surface area contributed by atoms with E-state index in [1.165, 1.54) is 25.1 Å². The summed E-state index contributed by atoms with van der Waals surface area (Å²) in [5, 5.41) is 22.6. The van der Waals surface area contributed by atoms with Crippen molar-refractivity contribution >= 4 is 35.2 Å². The van der Waals surface area contributed by atoms with Gasteiger partial charge in [-0.05, 0) is 37.5 Å². The number of nitro benzene ring substituents is 1. The van der Waals surface area contributed by atoms with Crippen molar-refractivity contribution in [3.8, 4) is 0 Å². The van der Waals surface area contributed by atoms with Crippen molar-refractivity contribution in [1.82, 2.24) is 10.2 Å². The van der Waals surface area contributed by atoms with E-state index >= 15 is 0 Å². The normalized spacial score (nSPS) is 15.6. The highest BCUT2D eigenvalue weighted by molar-refractivity contribution is 5.92. The summed E-state index contributed by atoms with van der Waals surface area (Å²) >= 11 is 0. The fourth-order valence-corrected chi connectivity index (χ4v) is 3.20. The Bertz CT molecular complexity index is 859. The monoisotopic (exact) mass is 418 g/mol. The van der Waals surface area contributed by atoms with Gasteiger partial charge in [-0.15, -0.1) is 0 Å². The van der Waals surface area contributed by atoms with Crippen LogP contribution in [0.1, 0.15) is 25.3 Å². The van der Waals surface area contributed by atoms with Gasteiger partial charge in [0.05, 0.1) is 4.92 Å². The van der Waals surface area contributed by atoms with Crippen molar-refractivity contribution in [3.05, 3.63) is 40.0 Å². The highest BCUT2D eigenvalue weighted by Crippen LogP contribution is 2.28. The zero-order chi connectivity index (χ0) is 22.4. The molecule has 1 aromatic rings. The van der Waals surface area contributed by atoms with Gasteiger partial charge in [-0.2, -0.15) is 0 Å². The van der Waals surface area contributed by atoms with Crippen LogP contribution in [0.25, 0.3) is 6.08 Å². The fourth-order valence-electron chi connectivity index (χ4n) is 3.20. The van der Waals surface area contributed by atoms with Crippen LogP contribution in [0, 0.1) is 16.0 Å². The van der Waals surface area contributed by atoms with Crippen LogP contribution < -0.4 is 10.2 Å². The van der Waals surface area contributed by atoms with Gasteiger partial charge in [-0.3, -0.25) is 24.5 Å². The second-order valence-electron chi connectivity index (χ2n) is 7.40. The molecule has 0 spiro atoms. The molecule has 30 heavy (non-hydrogen) atoms. The number of likely N-dealkylation sites (tertiary alicyclic amines) is 1. The molecule has 0 aliphatic carbocycles. The standard InChI is InChI=1S/C20H26N4O6/c1-13(20(27)28)21-19(26)15-8-10-23(11-9-15)18(25)7-5-14-4-6-16(22(2)3)17(12-14)24(29)30/h4-7,12-13,15H,8-11H2,1-3H3,(H,21,26)(H,27,28)/b7-5+. The molecule has 1 aliphatic rings. The lowest BCUT2D eigenvalue weighted by molar-refractivity contribution is -0.384. The van der Waals surface area contributed by atoms with E-state index in [1.54, 1.807) is 36.0 Å². The van der Waals surface area contributed by atoms with Crippen LogP contribution in [0.3, 0.4) is 0 Å². The van der Waals surface area contributed by atoms with Crippen molar-refractivity contribution < 1.29 is 24.4 Å². The van der Waals surface area contributed by atoms with Crippen LogP contribution >= 0.6 is 0 Å². The molecule has 1 atom stereocenters. The van der Waals surface area contributed by atoms with Crippen molar-refractivity contribution in [2.24, 2.45) is 5.92 Å². The summed E-state index contributed by atoms with van der Waals surface area (Å²) in [4.78, 5) is 49.4. The maximum absolute atomic E-state index is 12.4. The highest BCUT2D eigenvalue weighted by atomic mass is 16.6. The number of amides is 2. The number of aliphatic carboxylic acids is 1. The second-order valence-corrected chi connectivity index (χ2v) is 7.40. The number of hydrogen-bond donors (Lipinski definition) is 2. The molecule has 1 heterocycles. The van der Waals surface area contributed by atoms with E-state index < -0.39 is 16.9 Å². The summed E-state index contributed by atoms with van der Waals surface area (Å²) in [6.45, 7) is 2.16. The molecule has 1 fully saturated rings. The zero-order valence-electron chi connectivity index (χ0n) is 17.2. The van der Waals surface area contributed by atoms with Crippen LogP contribution in [0.4, 0.5) is 11.4 Å². The summed E-state index contributed by atoms with van der Waals surface area (Å²) in [6.07, 6.45) is 3.78. The Balaban J connectivity index is 1.96. The summed E-state index contributed by atoms with van der Waals surface area (Å²) in [5.74, 6) is -1.99. The number of carbonyl (C=O) groups is 3. The van der Waals surface area contributed by atoms with Crippen molar-refractivity contribution in [1.29, 1.82) is 0 Å². The number of carbonyl (C=O) groups excluding carboxylic acids is 2. The molecule has 1 aromatic carbocycles. The third-order valence-corrected chi connectivity index (χ3v) is 5.00. The fraction of sp³-hybridized carbons (Fsp3) is 0.450. The van der Waals surface area contributed by atoms with Gasteiger partial charge in [0.15, 0.2) is 0 Å². The number of piperidine rings is 1. The number of nitrogens with zero attached hydrogens (tertiary/aromatic N) is 3. The molecule has 1 aliphatic heterocycles. The minimum atomic E-state index is -1.10. The number of nitrogens with one attached hydrogen (secondary N) is 1. The lowest BCUT2D eigenvalue weighted by atomic mass is 9.95. The van der Waals surface area contributed by atoms with Gasteiger partial charge < -0.3 is 20.2 Å². The molecule has 2 amide bonds. The van der Waals surface area contributed by atoms with E-state index in [0.717, 1.165) is 0 Å².